The first-order chi connectivity index (χ1) is 8.81. The Kier molecular flexibility index (Phi) is 4.46. The molecule has 0 aromatic carbocycles. The Labute approximate surface area is 110 Å². The minimum Gasteiger partial charge on any atom is -0.369 e. The Morgan fingerprint density at radius 1 is 1.22 bits per heavy atom. The summed E-state index contributed by atoms with van der Waals surface area (Å²) >= 11 is 6.05. The molecule has 0 amide bonds. The van der Waals surface area contributed by atoms with Crippen LogP contribution in [0.2, 0.25) is 5.15 Å². The van der Waals surface area contributed by atoms with Gasteiger partial charge in [-0.3, -0.25) is 0 Å². The molecule has 0 aliphatic rings. The fourth-order valence-electron chi connectivity index (χ4n) is 1.61. The zero-order valence-electron chi connectivity index (χ0n) is 10.1. The second-order valence-electron chi connectivity index (χ2n) is 3.75. The van der Waals surface area contributed by atoms with E-state index in [0.29, 0.717) is 24.0 Å². The summed E-state index contributed by atoms with van der Waals surface area (Å²) in [5.74, 6) is 1.37. The van der Waals surface area contributed by atoms with E-state index in [-0.39, 0.29) is 0 Å². The summed E-state index contributed by atoms with van der Waals surface area (Å²) < 4.78 is 4.91. The summed E-state index contributed by atoms with van der Waals surface area (Å²) in [6.07, 6.45) is 5.33. The van der Waals surface area contributed by atoms with Crippen LogP contribution in [0, 0.1) is 0 Å². The monoisotopic (exact) mass is 267 g/mol. The second-order valence-corrected chi connectivity index (χ2v) is 4.11. The number of halogens is 1. The van der Waals surface area contributed by atoms with Gasteiger partial charge < -0.3 is 9.84 Å². The van der Waals surface area contributed by atoms with Crippen molar-refractivity contribution in [3.8, 4) is 0 Å². The molecule has 18 heavy (non-hydrogen) atoms. The van der Waals surface area contributed by atoms with Crippen LogP contribution < -0.4 is 5.32 Å². The van der Waals surface area contributed by atoms with Gasteiger partial charge in [0.2, 0.25) is 5.89 Å². The molecule has 0 saturated carbocycles. The molecular weight excluding hydrogens is 254 g/mol. The Balaban J connectivity index is 1.98. The van der Waals surface area contributed by atoms with E-state index in [1.54, 1.807) is 0 Å². The number of rotatable bonds is 6. The molecule has 0 atom stereocenters. The average molecular weight is 268 g/mol. The van der Waals surface area contributed by atoms with Crippen LogP contribution in [-0.2, 0) is 12.8 Å². The Bertz CT molecular complexity index is 488. The van der Waals surface area contributed by atoms with E-state index < -0.39 is 0 Å². The molecule has 2 rings (SSSR count). The van der Waals surface area contributed by atoms with E-state index in [9.17, 15) is 0 Å². The van der Waals surface area contributed by atoms with Crippen molar-refractivity contribution in [3.05, 3.63) is 29.3 Å². The number of nitrogens with zero attached hydrogens (tertiary/aromatic N) is 4. The first-order valence-electron chi connectivity index (χ1n) is 5.80. The van der Waals surface area contributed by atoms with Gasteiger partial charge in [0.15, 0.2) is 6.33 Å². The highest BCUT2D eigenvalue weighted by Gasteiger charge is 2.09. The van der Waals surface area contributed by atoms with Crippen molar-refractivity contribution < 1.29 is 4.52 Å². The zero-order chi connectivity index (χ0) is 12.8. The number of nitrogens with one attached hydrogen (secondary N) is 1. The normalized spacial score (nSPS) is 10.6. The second kappa shape index (κ2) is 6.30. The van der Waals surface area contributed by atoms with Crippen LogP contribution in [0.25, 0.3) is 0 Å². The van der Waals surface area contributed by atoms with Gasteiger partial charge in [0.05, 0.1) is 0 Å². The third-order valence-electron chi connectivity index (χ3n) is 2.43. The van der Waals surface area contributed by atoms with E-state index in [4.69, 9.17) is 16.1 Å². The first-order valence-corrected chi connectivity index (χ1v) is 6.18. The van der Waals surface area contributed by atoms with Gasteiger partial charge in [-0.25, -0.2) is 9.97 Å². The Morgan fingerprint density at radius 2 is 2.11 bits per heavy atom. The van der Waals surface area contributed by atoms with Gasteiger partial charge in [0.25, 0.3) is 0 Å². The van der Waals surface area contributed by atoms with Crippen molar-refractivity contribution in [1.82, 2.24) is 20.1 Å². The van der Waals surface area contributed by atoms with Crippen molar-refractivity contribution in [2.75, 3.05) is 11.9 Å². The summed E-state index contributed by atoms with van der Waals surface area (Å²) in [6, 6.07) is 0. The van der Waals surface area contributed by atoms with Gasteiger partial charge in [-0.15, -0.1) is 0 Å². The van der Waals surface area contributed by atoms with Gasteiger partial charge >= 0.3 is 0 Å². The Morgan fingerprint density at radius 3 is 2.83 bits per heavy atom. The molecule has 0 unspecified atom stereocenters. The lowest BCUT2D eigenvalue weighted by Gasteiger charge is -2.10. The maximum Gasteiger partial charge on any atom is 0.228 e. The molecule has 0 bridgehead atoms. The summed E-state index contributed by atoms with van der Waals surface area (Å²) in [5.41, 5.74) is 0.951. The molecule has 0 saturated heterocycles. The molecule has 6 nitrogen and oxygen atoms in total. The van der Waals surface area contributed by atoms with Crippen LogP contribution in [0.5, 0.6) is 0 Å². The molecular formula is C11H14ClN5O. The number of aromatic nitrogens is 4. The van der Waals surface area contributed by atoms with Gasteiger partial charge in [0.1, 0.15) is 17.3 Å². The summed E-state index contributed by atoms with van der Waals surface area (Å²) in [5, 5.41) is 7.27. The average Bonchev–Trinajstić information content (AvgIpc) is 2.86. The van der Waals surface area contributed by atoms with Crippen molar-refractivity contribution in [2.24, 2.45) is 0 Å². The minimum absolute atomic E-state index is 0.507. The standard InChI is InChI=1S/C11H14ClN5O/c1-2-3-8-10(12)15-6-16-11(8)13-5-4-9-14-7-17-18-9/h6-7H,2-5H2,1H3,(H,13,15,16). The molecule has 96 valence electrons. The van der Waals surface area contributed by atoms with E-state index in [1.807, 2.05) is 0 Å². The maximum atomic E-state index is 6.05. The SMILES string of the molecule is CCCc1c(Cl)ncnc1NCCc1ncno1. The molecule has 7 heteroatoms. The van der Waals surface area contributed by atoms with E-state index in [1.165, 1.54) is 12.7 Å². The zero-order valence-corrected chi connectivity index (χ0v) is 10.8. The molecule has 2 aromatic rings. The fourth-order valence-corrected chi connectivity index (χ4v) is 1.84. The highest BCUT2D eigenvalue weighted by Crippen LogP contribution is 2.21. The molecule has 0 aliphatic heterocycles. The topological polar surface area (TPSA) is 76.7 Å². The fraction of sp³-hybridized carbons (Fsp3) is 0.455. The number of hydrogen-bond donors (Lipinski definition) is 1. The number of anilines is 1. The van der Waals surface area contributed by atoms with Crippen LogP contribution in [0.15, 0.2) is 17.2 Å². The van der Waals surface area contributed by atoms with Gasteiger partial charge in [-0.2, -0.15) is 4.98 Å². The molecule has 0 radical (unpaired) electrons. The van der Waals surface area contributed by atoms with Crippen molar-refractivity contribution in [1.29, 1.82) is 0 Å². The van der Waals surface area contributed by atoms with Crippen LogP contribution in [0.3, 0.4) is 0 Å². The van der Waals surface area contributed by atoms with Crippen molar-refractivity contribution in [2.45, 2.75) is 26.2 Å². The smallest absolute Gasteiger partial charge is 0.228 e. The summed E-state index contributed by atoms with van der Waals surface area (Å²) in [6.45, 7) is 2.75. The lowest BCUT2D eigenvalue weighted by molar-refractivity contribution is 0.379. The van der Waals surface area contributed by atoms with Crippen LogP contribution >= 0.6 is 11.6 Å². The lowest BCUT2D eigenvalue weighted by Crippen LogP contribution is -2.09. The number of hydrogen-bond acceptors (Lipinski definition) is 6. The lowest BCUT2D eigenvalue weighted by atomic mass is 10.2. The van der Waals surface area contributed by atoms with Gasteiger partial charge in [-0.05, 0) is 6.42 Å². The van der Waals surface area contributed by atoms with Gasteiger partial charge in [0, 0.05) is 18.5 Å². The summed E-state index contributed by atoms with van der Waals surface area (Å²) in [4.78, 5) is 12.1. The van der Waals surface area contributed by atoms with Crippen LogP contribution in [0.4, 0.5) is 5.82 Å². The van der Waals surface area contributed by atoms with E-state index in [0.717, 1.165) is 24.2 Å². The molecule has 1 N–H and O–H groups in total. The molecule has 0 aliphatic carbocycles. The largest absolute Gasteiger partial charge is 0.369 e. The molecule has 2 heterocycles. The molecule has 0 fully saturated rings. The predicted octanol–water partition coefficient (Wildman–Crippen LogP) is 2.12. The quantitative estimate of drug-likeness (QED) is 0.808. The highest BCUT2D eigenvalue weighted by atomic mass is 35.5. The van der Waals surface area contributed by atoms with Crippen LogP contribution in [0.1, 0.15) is 24.8 Å². The van der Waals surface area contributed by atoms with Gasteiger partial charge in [-0.1, -0.05) is 30.1 Å². The third-order valence-corrected chi connectivity index (χ3v) is 2.76. The highest BCUT2D eigenvalue weighted by molar-refractivity contribution is 6.30. The minimum atomic E-state index is 0.507. The molecule has 2 aromatic heterocycles. The van der Waals surface area contributed by atoms with Crippen LogP contribution in [-0.4, -0.2) is 26.7 Å². The molecule has 0 spiro atoms. The summed E-state index contributed by atoms with van der Waals surface area (Å²) in [7, 11) is 0. The third kappa shape index (κ3) is 3.16. The first kappa shape index (κ1) is 12.8. The van der Waals surface area contributed by atoms with E-state index in [2.05, 4.69) is 32.3 Å². The van der Waals surface area contributed by atoms with E-state index >= 15 is 0 Å². The van der Waals surface area contributed by atoms with Crippen molar-refractivity contribution in [3.63, 3.8) is 0 Å². The Hall–Kier alpha value is -1.69. The predicted molar refractivity (Wildman–Crippen MR) is 67.5 cm³/mol. The maximum absolute atomic E-state index is 6.05. The van der Waals surface area contributed by atoms with Crippen molar-refractivity contribution >= 4 is 17.4 Å².